The first-order valence-electron chi connectivity index (χ1n) is 9.29. The van der Waals surface area contributed by atoms with Gasteiger partial charge in [-0.25, -0.2) is 4.79 Å². The smallest absolute Gasteiger partial charge is 0.325 e. The Morgan fingerprint density at radius 3 is 2.25 bits per heavy atom. The second-order valence-electron chi connectivity index (χ2n) is 7.63. The van der Waals surface area contributed by atoms with E-state index in [9.17, 15) is 14.7 Å². The predicted octanol–water partition coefficient (Wildman–Crippen LogP) is 2.82. The van der Waals surface area contributed by atoms with Crippen LogP contribution in [-0.4, -0.2) is 41.2 Å². The molecule has 1 aliphatic rings. The van der Waals surface area contributed by atoms with Crippen molar-refractivity contribution >= 4 is 11.9 Å². The second kappa shape index (κ2) is 7.64. The van der Waals surface area contributed by atoms with Crippen LogP contribution in [0.5, 0.6) is 5.75 Å². The van der Waals surface area contributed by atoms with Gasteiger partial charge in [0.15, 0.2) is 0 Å². The van der Waals surface area contributed by atoms with E-state index >= 15 is 0 Å². The van der Waals surface area contributed by atoms with E-state index < -0.39 is 17.7 Å². The topological polar surface area (TPSA) is 78.9 Å². The highest BCUT2D eigenvalue weighted by atomic mass is 16.5. The van der Waals surface area contributed by atoms with E-state index in [1.807, 2.05) is 63.2 Å². The molecule has 0 saturated carbocycles. The lowest BCUT2D eigenvalue weighted by Gasteiger charge is -2.23. The maximum absolute atomic E-state index is 12.9. The monoisotopic (exact) mass is 382 g/mol. The minimum absolute atomic E-state index is 0.0127. The van der Waals surface area contributed by atoms with Crippen LogP contribution >= 0.6 is 0 Å². The van der Waals surface area contributed by atoms with E-state index in [0.29, 0.717) is 11.3 Å². The number of rotatable bonds is 6. The summed E-state index contributed by atoms with van der Waals surface area (Å²) < 4.78 is 5.64. The Hall–Kier alpha value is -2.86. The Balaban J connectivity index is 1.65. The molecule has 1 aliphatic heterocycles. The van der Waals surface area contributed by atoms with Crippen LogP contribution in [-0.2, 0) is 10.3 Å². The van der Waals surface area contributed by atoms with Gasteiger partial charge in [0.2, 0.25) is 0 Å². The van der Waals surface area contributed by atoms with E-state index in [1.54, 1.807) is 6.92 Å². The Bertz CT molecular complexity index is 874. The van der Waals surface area contributed by atoms with E-state index in [4.69, 9.17) is 4.74 Å². The normalized spacial score (nSPS) is 20.2. The summed E-state index contributed by atoms with van der Waals surface area (Å²) in [6, 6.07) is 12.7. The van der Waals surface area contributed by atoms with Crippen LogP contribution in [0.15, 0.2) is 42.5 Å². The van der Waals surface area contributed by atoms with E-state index in [-0.39, 0.29) is 19.1 Å². The number of amides is 3. The Morgan fingerprint density at radius 1 is 1.04 bits per heavy atom. The van der Waals surface area contributed by atoms with Gasteiger partial charge >= 0.3 is 6.03 Å². The van der Waals surface area contributed by atoms with Gasteiger partial charge in [-0.15, -0.1) is 0 Å². The molecule has 1 fully saturated rings. The molecule has 0 aromatic heterocycles. The highest BCUT2D eigenvalue weighted by Crippen LogP contribution is 2.29. The second-order valence-corrected chi connectivity index (χ2v) is 7.63. The molecule has 2 aromatic rings. The quantitative estimate of drug-likeness (QED) is 0.753. The molecule has 2 unspecified atom stereocenters. The minimum atomic E-state index is -1.14. The maximum atomic E-state index is 12.9. The number of nitrogens with zero attached hydrogens (tertiary/aromatic N) is 1. The van der Waals surface area contributed by atoms with Crippen molar-refractivity contribution in [2.45, 2.75) is 39.3 Å². The molecule has 148 valence electrons. The number of urea groups is 1. The zero-order valence-corrected chi connectivity index (χ0v) is 16.7. The molecule has 2 atom stereocenters. The third-order valence-corrected chi connectivity index (χ3v) is 4.93. The van der Waals surface area contributed by atoms with Gasteiger partial charge in [0.1, 0.15) is 24.0 Å². The van der Waals surface area contributed by atoms with Gasteiger partial charge in [-0.1, -0.05) is 35.9 Å². The lowest BCUT2D eigenvalue weighted by molar-refractivity contribution is -0.132. The summed E-state index contributed by atoms with van der Waals surface area (Å²) >= 11 is 0. The standard InChI is InChI=1S/C22H26N2O4/c1-14-5-7-17(8-6-14)22(4)20(26)24(21(27)23-22)12-18(25)13-28-19-10-15(2)9-16(3)11-19/h5-11,18,25H,12-13H2,1-4H3,(H,23,27). The fourth-order valence-corrected chi connectivity index (χ4v) is 3.42. The summed E-state index contributed by atoms with van der Waals surface area (Å²) in [5, 5.41) is 13.1. The summed E-state index contributed by atoms with van der Waals surface area (Å²) in [6.07, 6.45) is -0.990. The number of carbonyl (C=O) groups excluding carboxylic acids is 2. The number of hydrogen-bond acceptors (Lipinski definition) is 4. The third kappa shape index (κ3) is 4.02. The molecule has 28 heavy (non-hydrogen) atoms. The van der Waals surface area contributed by atoms with Crippen molar-refractivity contribution in [3.05, 3.63) is 64.7 Å². The van der Waals surface area contributed by atoms with Gasteiger partial charge in [0.05, 0.1) is 6.54 Å². The van der Waals surface area contributed by atoms with Crippen LogP contribution in [0, 0.1) is 20.8 Å². The van der Waals surface area contributed by atoms with E-state index in [2.05, 4.69) is 5.32 Å². The predicted molar refractivity (Wildman–Crippen MR) is 106 cm³/mol. The highest BCUT2D eigenvalue weighted by Gasteiger charge is 2.49. The number of ether oxygens (including phenoxy) is 1. The van der Waals surface area contributed by atoms with Crippen molar-refractivity contribution in [3.8, 4) is 5.75 Å². The summed E-state index contributed by atoms with van der Waals surface area (Å²) in [6.45, 7) is 7.43. The number of hydrogen-bond donors (Lipinski definition) is 2. The lowest BCUT2D eigenvalue weighted by Crippen LogP contribution is -2.42. The average Bonchev–Trinajstić information content (AvgIpc) is 2.84. The molecule has 2 aromatic carbocycles. The first-order chi connectivity index (χ1) is 13.2. The molecule has 6 nitrogen and oxygen atoms in total. The van der Waals surface area contributed by atoms with Gasteiger partial charge in [-0.2, -0.15) is 0 Å². The molecule has 0 spiro atoms. The van der Waals surface area contributed by atoms with Gasteiger partial charge in [0, 0.05) is 0 Å². The fourth-order valence-electron chi connectivity index (χ4n) is 3.42. The zero-order valence-electron chi connectivity index (χ0n) is 16.7. The first kappa shape index (κ1) is 19.9. The summed E-state index contributed by atoms with van der Waals surface area (Å²) in [7, 11) is 0. The molecule has 1 heterocycles. The number of aliphatic hydroxyl groups is 1. The molecule has 2 N–H and O–H groups in total. The number of carbonyl (C=O) groups is 2. The SMILES string of the molecule is Cc1ccc(C2(C)NC(=O)N(CC(O)COc3cc(C)cc(C)c3)C2=O)cc1. The number of β-amino-alcohol motifs (C(OH)–C–C–N with tert-alkyl or cyclic N) is 1. The number of nitrogens with one attached hydrogen (secondary N) is 1. The van der Waals surface area contributed by atoms with Crippen LogP contribution in [0.3, 0.4) is 0 Å². The first-order valence-corrected chi connectivity index (χ1v) is 9.29. The van der Waals surface area contributed by atoms with Crippen molar-refractivity contribution < 1.29 is 19.4 Å². The molecule has 6 heteroatoms. The summed E-state index contributed by atoms with van der Waals surface area (Å²) in [5.41, 5.74) is 2.76. The van der Waals surface area contributed by atoms with Gasteiger partial charge < -0.3 is 15.2 Å². The number of benzene rings is 2. The van der Waals surface area contributed by atoms with Crippen molar-refractivity contribution in [1.29, 1.82) is 0 Å². The van der Waals surface area contributed by atoms with Crippen LogP contribution in [0.25, 0.3) is 0 Å². The third-order valence-electron chi connectivity index (χ3n) is 4.93. The fraction of sp³-hybridized carbons (Fsp3) is 0.364. The van der Waals surface area contributed by atoms with Crippen molar-refractivity contribution in [2.24, 2.45) is 0 Å². The Kier molecular flexibility index (Phi) is 5.42. The van der Waals surface area contributed by atoms with E-state index in [0.717, 1.165) is 21.6 Å². The zero-order chi connectivity index (χ0) is 20.5. The number of aryl methyl sites for hydroxylation is 3. The van der Waals surface area contributed by atoms with E-state index in [1.165, 1.54) is 0 Å². The van der Waals surface area contributed by atoms with Crippen molar-refractivity contribution in [2.75, 3.05) is 13.2 Å². The molecule has 0 bridgehead atoms. The molecule has 0 aliphatic carbocycles. The summed E-state index contributed by atoms with van der Waals surface area (Å²) in [5.74, 6) is 0.269. The van der Waals surface area contributed by atoms with Crippen LogP contribution < -0.4 is 10.1 Å². The van der Waals surface area contributed by atoms with Gasteiger partial charge in [0.25, 0.3) is 5.91 Å². The average molecular weight is 382 g/mol. The molecule has 3 amide bonds. The largest absolute Gasteiger partial charge is 0.491 e. The van der Waals surface area contributed by atoms with Gasteiger partial charge in [-0.3, -0.25) is 9.69 Å². The molecular formula is C22H26N2O4. The molecule has 1 saturated heterocycles. The Morgan fingerprint density at radius 2 is 1.64 bits per heavy atom. The maximum Gasteiger partial charge on any atom is 0.325 e. The summed E-state index contributed by atoms with van der Waals surface area (Å²) in [4.78, 5) is 26.3. The Labute approximate surface area is 165 Å². The van der Waals surface area contributed by atoms with Crippen molar-refractivity contribution in [1.82, 2.24) is 10.2 Å². The minimum Gasteiger partial charge on any atom is -0.491 e. The molecular weight excluding hydrogens is 356 g/mol. The van der Waals surface area contributed by atoms with Gasteiger partial charge in [-0.05, 0) is 56.5 Å². The van der Waals surface area contributed by atoms with Crippen molar-refractivity contribution in [3.63, 3.8) is 0 Å². The lowest BCUT2D eigenvalue weighted by atomic mass is 9.91. The molecule has 3 rings (SSSR count). The molecule has 0 radical (unpaired) electrons. The highest BCUT2D eigenvalue weighted by molar-refractivity contribution is 6.07. The number of imide groups is 1. The van der Waals surface area contributed by atoms with Crippen LogP contribution in [0.2, 0.25) is 0 Å². The van der Waals surface area contributed by atoms with Crippen LogP contribution in [0.4, 0.5) is 4.79 Å². The number of aliphatic hydroxyl groups excluding tert-OH is 1. The van der Waals surface area contributed by atoms with Crippen LogP contribution in [0.1, 0.15) is 29.2 Å².